The van der Waals surface area contributed by atoms with Crippen LogP contribution in [0.5, 0.6) is 5.75 Å². The van der Waals surface area contributed by atoms with Gasteiger partial charge in [0.2, 0.25) is 11.8 Å². The van der Waals surface area contributed by atoms with E-state index in [1.165, 1.54) is 0 Å². The molecule has 0 aliphatic heterocycles. The zero-order chi connectivity index (χ0) is 18.5. The van der Waals surface area contributed by atoms with Crippen molar-refractivity contribution in [3.05, 3.63) is 52.5 Å². The number of rotatable bonds is 6. The van der Waals surface area contributed by atoms with Crippen LogP contribution in [0.15, 0.2) is 52.1 Å². The number of methoxy groups -OCH3 is 1. The van der Waals surface area contributed by atoms with Gasteiger partial charge in [0, 0.05) is 5.56 Å². The number of hydrogen-bond donors (Lipinski definition) is 1. The van der Waals surface area contributed by atoms with E-state index in [0.717, 1.165) is 23.1 Å². The van der Waals surface area contributed by atoms with Gasteiger partial charge in [-0.2, -0.15) is 0 Å². The van der Waals surface area contributed by atoms with Crippen molar-refractivity contribution in [2.45, 2.75) is 5.22 Å². The van der Waals surface area contributed by atoms with Crippen LogP contribution in [-0.2, 0) is 4.79 Å². The highest BCUT2D eigenvalue weighted by Crippen LogP contribution is 2.30. The predicted octanol–water partition coefficient (Wildman–Crippen LogP) is 4.78. The first kappa shape index (κ1) is 18.6. The maximum Gasteiger partial charge on any atom is 0.277 e. The van der Waals surface area contributed by atoms with Crippen molar-refractivity contribution >= 4 is 46.6 Å². The van der Waals surface area contributed by atoms with E-state index in [0.29, 0.717) is 21.6 Å². The lowest BCUT2D eigenvalue weighted by atomic mass is 10.2. The van der Waals surface area contributed by atoms with Crippen molar-refractivity contribution in [2.24, 2.45) is 0 Å². The minimum absolute atomic E-state index is 0.0752. The Balaban J connectivity index is 1.60. The summed E-state index contributed by atoms with van der Waals surface area (Å²) in [6.07, 6.45) is 0. The van der Waals surface area contributed by atoms with Gasteiger partial charge in [-0.25, -0.2) is 0 Å². The number of aromatic nitrogens is 2. The first-order valence-electron chi connectivity index (χ1n) is 7.41. The number of carbonyl (C=O) groups excluding carboxylic acids is 1. The third-order valence-corrected chi connectivity index (χ3v) is 4.75. The van der Waals surface area contributed by atoms with Crippen LogP contribution in [0, 0.1) is 0 Å². The van der Waals surface area contributed by atoms with E-state index in [-0.39, 0.29) is 16.9 Å². The molecule has 0 unspecified atom stereocenters. The first-order valence-corrected chi connectivity index (χ1v) is 9.15. The average Bonchev–Trinajstić information content (AvgIpc) is 3.12. The van der Waals surface area contributed by atoms with E-state index in [9.17, 15) is 4.79 Å². The van der Waals surface area contributed by atoms with Crippen LogP contribution >= 0.6 is 35.0 Å². The first-order chi connectivity index (χ1) is 12.6. The lowest BCUT2D eigenvalue weighted by molar-refractivity contribution is -0.113. The molecule has 0 saturated carbocycles. The fraction of sp³-hybridized carbons (Fsp3) is 0.118. The molecule has 1 aromatic heterocycles. The maximum atomic E-state index is 12.1. The number of anilines is 1. The van der Waals surface area contributed by atoms with Crippen molar-refractivity contribution in [1.29, 1.82) is 0 Å². The Labute approximate surface area is 163 Å². The normalized spacial score (nSPS) is 10.6. The highest BCUT2D eigenvalue weighted by atomic mass is 35.5. The van der Waals surface area contributed by atoms with Crippen LogP contribution in [0.4, 0.5) is 5.69 Å². The van der Waals surface area contributed by atoms with E-state index in [4.69, 9.17) is 32.4 Å². The summed E-state index contributed by atoms with van der Waals surface area (Å²) in [5.41, 5.74) is 1.14. The molecule has 3 aromatic rings. The summed E-state index contributed by atoms with van der Waals surface area (Å²) in [6.45, 7) is 0. The summed E-state index contributed by atoms with van der Waals surface area (Å²) in [6, 6.07) is 12.2. The molecule has 26 heavy (non-hydrogen) atoms. The van der Waals surface area contributed by atoms with Crippen molar-refractivity contribution in [3.63, 3.8) is 0 Å². The molecule has 0 saturated heterocycles. The van der Waals surface area contributed by atoms with Gasteiger partial charge in [-0.05, 0) is 36.4 Å². The summed E-state index contributed by atoms with van der Waals surface area (Å²) in [4.78, 5) is 12.1. The second-order valence-corrected chi connectivity index (χ2v) is 6.78. The number of nitrogens with zero attached hydrogens (tertiary/aromatic N) is 2. The maximum absolute atomic E-state index is 12.1. The number of halogens is 2. The monoisotopic (exact) mass is 409 g/mol. The van der Waals surface area contributed by atoms with Gasteiger partial charge in [0.05, 0.1) is 28.6 Å². The third-order valence-electron chi connectivity index (χ3n) is 3.30. The molecular formula is C17H13Cl2N3O3S. The molecule has 0 atom stereocenters. The van der Waals surface area contributed by atoms with E-state index >= 15 is 0 Å². The third kappa shape index (κ3) is 4.49. The van der Waals surface area contributed by atoms with Crippen molar-refractivity contribution in [3.8, 4) is 17.2 Å². The topological polar surface area (TPSA) is 77.2 Å². The van der Waals surface area contributed by atoms with Gasteiger partial charge < -0.3 is 14.5 Å². The molecule has 9 heteroatoms. The second-order valence-electron chi connectivity index (χ2n) is 5.04. The molecule has 0 aliphatic rings. The van der Waals surface area contributed by atoms with Crippen LogP contribution in [0.1, 0.15) is 0 Å². The summed E-state index contributed by atoms with van der Waals surface area (Å²) >= 11 is 13.2. The smallest absolute Gasteiger partial charge is 0.277 e. The van der Waals surface area contributed by atoms with Crippen LogP contribution < -0.4 is 10.1 Å². The van der Waals surface area contributed by atoms with E-state index in [2.05, 4.69) is 15.5 Å². The summed E-state index contributed by atoms with van der Waals surface area (Å²) in [7, 11) is 1.59. The number of amides is 1. The Morgan fingerprint density at radius 1 is 1.15 bits per heavy atom. The average molecular weight is 410 g/mol. The molecule has 0 fully saturated rings. The fourth-order valence-corrected chi connectivity index (χ4v) is 3.09. The molecule has 134 valence electrons. The molecule has 0 spiro atoms. The highest BCUT2D eigenvalue weighted by Gasteiger charge is 2.13. The minimum Gasteiger partial charge on any atom is -0.497 e. The van der Waals surface area contributed by atoms with Gasteiger partial charge >= 0.3 is 0 Å². The van der Waals surface area contributed by atoms with Gasteiger partial charge in [-0.1, -0.05) is 41.0 Å². The van der Waals surface area contributed by atoms with Crippen LogP contribution in [0.2, 0.25) is 10.0 Å². The standard InChI is InChI=1S/C17H13Cl2N3O3S/c1-24-11-7-5-10(6-8-11)16-21-22-17(25-16)26-9-14(23)20-15-12(18)3-2-4-13(15)19/h2-8H,9H2,1H3,(H,20,23). The number of benzene rings is 2. The second kappa shape index (κ2) is 8.44. The summed E-state index contributed by atoms with van der Waals surface area (Å²) < 4.78 is 10.7. The fourth-order valence-electron chi connectivity index (χ4n) is 2.04. The van der Waals surface area contributed by atoms with Gasteiger partial charge in [-0.3, -0.25) is 4.79 Å². The minimum atomic E-state index is -0.283. The molecule has 3 rings (SSSR count). The van der Waals surface area contributed by atoms with Gasteiger partial charge in [0.25, 0.3) is 5.22 Å². The summed E-state index contributed by atoms with van der Waals surface area (Å²) in [5, 5.41) is 11.6. The highest BCUT2D eigenvalue weighted by molar-refractivity contribution is 7.99. The molecule has 0 aliphatic carbocycles. The van der Waals surface area contributed by atoms with Gasteiger partial charge in [0.1, 0.15) is 5.75 Å². The Hall–Kier alpha value is -2.22. The van der Waals surface area contributed by atoms with Crippen LogP contribution in [-0.4, -0.2) is 29.0 Å². The number of hydrogen-bond acceptors (Lipinski definition) is 6. The van der Waals surface area contributed by atoms with Crippen molar-refractivity contribution in [2.75, 3.05) is 18.2 Å². The van der Waals surface area contributed by atoms with E-state index in [1.807, 2.05) is 12.1 Å². The molecule has 0 bridgehead atoms. The van der Waals surface area contributed by atoms with E-state index < -0.39 is 0 Å². The lowest BCUT2D eigenvalue weighted by Crippen LogP contribution is -2.14. The lowest BCUT2D eigenvalue weighted by Gasteiger charge is -2.08. The molecule has 2 aromatic carbocycles. The van der Waals surface area contributed by atoms with Crippen molar-refractivity contribution in [1.82, 2.24) is 10.2 Å². The number of carbonyl (C=O) groups is 1. The van der Waals surface area contributed by atoms with Crippen molar-refractivity contribution < 1.29 is 13.9 Å². The Kier molecular flexibility index (Phi) is 6.03. The molecule has 6 nitrogen and oxygen atoms in total. The Morgan fingerprint density at radius 2 is 1.85 bits per heavy atom. The number of ether oxygens (including phenoxy) is 1. The molecule has 1 amide bonds. The molecule has 1 heterocycles. The molecular weight excluding hydrogens is 397 g/mol. The quantitative estimate of drug-likeness (QED) is 0.590. The number of nitrogens with one attached hydrogen (secondary N) is 1. The predicted molar refractivity (Wildman–Crippen MR) is 102 cm³/mol. The largest absolute Gasteiger partial charge is 0.497 e. The van der Waals surface area contributed by atoms with Crippen LogP contribution in [0.3, 0.4) is 0 Å². The zero-order valence-corrected chi connectivity index (χ0v) is 15.9. The summed E-state index contributed by atoms with van der Waals surface area (Å²) in [5.74, 6) is 0.892. The van der Waals surface area contributed by atoms with Gasteiger partial charge in [0.15, 0.2) is 0 Å². The molecule has 1 N–H and O–H groups in total. The SMILES string of the molecule is COc1ccc(-c2nnc(SCC(=O)Nc3c(Cl)cccc3Cl)o2)cc1. The number of para-hydroxylation sites is 1. The zero-order valence-electron chi connectivity index (χ0n) is 13.5. The van der Waals surface area contributed by atoms with E-state index in [1.54, 1.807) is 37.4 Å². The molecule has 0 radical (unpaired) electrons. The van der Waals surface area contributed by atoms with Crippen LogP contribution in [0.25, 0.3) is 11.5 Å². The number of thioether (sulfide) groups is 1. The Bertz CT molecular complexity index is 896. The van der Waals surface area contributed by atoms with Gasteiger partial charge in [-0.15, -0.1) is 10.2 Å². The Morgan fingerprint density at radius 3 is 2.50 bits per heavy atom.